The summed E-state index contributed by atoms with van der Waals surface area (Å²) >= 11 is 0. The molecule has 2 aromatic heterocycles. The van der Waals surface area contributed by atoms with Gasteiger partial charge in [0.2, 0.25) is 0 Å². The molecule has 11 rings (SSSR count). The first-order chi connectivity index (χ1) is 26.3. The number of hydrogen-bond acceptors (Lipinski definition) is 2. The van der Waals surface area contributed by atoms with Crippen LogP contribution in [-0.2, 0) is 0 Å². The van der Waals surface area contributed by atoms with Crippen molar-refractivity contribution in [2.75, 3.05) is 0 Å². The summed E-state index contributed by atoms with van der Waals surface area (Å²) in [7, 11) is 0. The minimum Gasteiger partial charge on any atom is -0.309 e. The van der Waals surface area contributed by atoms with Crippen molar-refractivity contribution in [2.45, 2.75) is 0 Å². The van der Waals surface area contributed by atoms with Crippen LogP contribution in [-0.4, -0.2) is 14.5 Å². The summed E-state index contributed by atoms with van der Waals surface area (Å²) < 4.78 is 2.35. The number of rotatable bonds is 4. The van der Waals surface area contributed by atoms with E-state index in [1.165, 1.54) is 64.9 Å². The van der Waals surface area contributed by atoms with Crippen LogP contribution >= 0.6 is 0 Å². The lowest BCUT2D eigenvalue weighted by molar-refractivity contribution is 1.16. The number of benzene rings is 9. The molecular weight excluding hydrogens is 643 g/mol. The van der Waals surface area contributed by atoms with Gasteiger partial charge in [-0.05, 0) is 97.7 Å². The van der Waals surface area contributed by atoms with Gasteiger partial charge in [-0.2, -0.15) is 0 Å². The first-order valence-electron chi connectivity index (χ1n) is 18.1. The standard InChI is InChI=1S/C50H31N3/c1-3-15-36-33(13-1)29-44(40-19-7-5-17-38(36)40)46-31-47(45-30-34-14-2-4-16-37(34)39-18-6-8-20-41(39)45)52-50(51-46)32-25-27-35(28-26-32)53-48-23-11-9-21-42(48)43-22-10-12-24-49(43)53/h1-31H. The molecule has 0 N–H and O–H groups in total. The van der Waals surface area contributed by atoms with Crippen molar-refractivity contribution in [1.29, 1.82) is 0 Å². The van der Waals surface area contributed by atoms with E-state index in [4.69, 9.17) is 9.97 Å². The molecule has 0 atom stereocenters. The zero-order valence-electron chi connectivity index (χ0n) is 28.7. The Labute approximate surface area is 306 Å². The van der Waals surface area contributed by atoms with Crippen LogP contribution < -0.4 is 0 Å². The molecule has 0 aliphatic heterocycles. The minimum absolute atomic E-state index is 0.695. The van der Waals surface area contributed by atoms with Crippen molar-refractivity contribution < 1.29 is 0 Å². The lowest BCUT2D eigenvalue weighted by Crippen LogP contribution is -1.98. The van der Waals surface area contributed by atoms with E-state index in [2.05, 4.69) is 193 Å². The molecule has 0 amide bonds. The number of nitrogens with zero attached hydrogens (tertiary/aromatic N) is 3. The summed E-state index contributed by atoms with van der Waals surface area (Å²) in [4.78, 5) is 10.7. The van der Waals surface area contributed by atoms with Gasteiger partial charge in [-0.1, -0.05) is 133 Å². The van der Waals surface area contributed by atoms with Crippen LogP contribution in [0, 0.1) is 0 Å². The van der Waals surface area contributed by atoms with E-state index < -0.39 is 0 Å². The van der Waals surface area contributed by atoms with Gasteiger partial charge in [0.1, 0.15) is 0 Å². The zero-order chi connectivity index (χ0) is 34.9. The summed E-state index contributed by atoms with van der Waals surface area (Å²) in [6.07, 6.45) is 0. The molecule has 0 saturated carbocycles. The van der Waals surface area contributed by atoms with Crippen molar-refractivity contribution in [1.82, 2.24) is 14.5 Å². The monoisotopic (exact) mass is 673 g/mol. The molecule has 3 heteroatoms. The summed E-state index contributed by atoms with van der Waals surface area (Å²) in [6.45, 7) is 0. The quantitative estimate of drug-likeness (QED) is 0.174. The maximum atomic E-state index is 5.37. The third kappa shape index (κ3) is 4.68. The molecule has 3 nitrogen and oxygen atoms in total. The number of hydrogen-bond donors (Lipinski definition) is 0. The van der Waals surface area contributed by atoms with Crippen LogP contribution in [0.5, 0.6) is 0 Å². The molecule has 0 unspecified atom stereocenters. The summed E-state index contributed by atoms with van der Waals surface area (Å²) in [6, 6.07) is 67.3. The first kappa shape index (κ1) is 29.6. The highest BCUT2D eigenvalue weighted by molar-refractivity contribution is 6.15. The molecular formula is C50H31N3. The van der Waals surface area contributed by atoms with Gasteiger partial charge in [-0.25, -0.2) is 9.97 Å². The fourth-order valence-corrected chi connectivity index (χ4v) is 8.34. The Hall–Kier alpha value is -7.10. The fraction of sp³-hybridized carbons (Fsp3) is 0. The largest absolute Gasteiger partial charge is 0.309 e. The normalized spacial score (nSPS) is 11.8. The molecule has 0 aliphatic rings. The van der Waals surface area contributed by atoms with Crippen LogP contribution in [0.2, 0.25) is 0 Å². The highest BCUT2D eigenvalue weighted by Gasteiger charge is 2.18. The molecule has 0 bridgehead atoms. The topological polar surface area (TPSA) is 30.7 Å². The van der Waals surface area contributed by atoms with Crippen molar-refractivity contribution >= 4 is 64.9 Å². The van der Waals surface area contributed by atoms with Gasteiger partial charge in [0.05, 0.1) is 22.4 Å². The average Bonchev–Trinajstić information content (AvgIpc) is 3.57. The second-order valence-corrected chi connectivity index (χ2v) is 13.8. The van der Waals surface area contributed by atoms with E-state index in [1.807, 2.05) is 0 Å². The van der Waals surface area contributed by atoms with Crippen LogP contribution in [0.1, 0.15) is 0 Å². The van der Waals surface area contributed by atoms with Crippen LogP contribution in [0.15, 0.2) is 188 Å². The lowest BCUT2D eigenvalue weighted by Gasteiger charge is -2.15. The summed E-state index contributed by atoms with van der Waals surface area (Å²) in [5, 5.41) is 12.1. The van der Waals surface area contributed by atoms with E-state index in [0.717, 1.165) is 33.8 Å². The maximum Gasteiger partial charge on any atom is 0.160 e. The lowest BCUT2D eigenvalue weighted by atomic mass is 9.93. The Bertz CT molecular complexity index is 3040. The Morgan fingerprint density at radius 3 is 1.21 bits per heavy atom. The molecule has 11 aromatic rings. The van der Waals surface area contributed by atoms with Gasteiger partial charge in [0.15, 0.2) is 5.82 Å². The maximum absolute atomic E-state index is 5.37. The Kier molecular flexibility index (Phi) is 6.55. The van der Waals surface area contributed by atoms with Crippen molar-refractivity contribution in [3.63, 3.8) is 0 Å². The average molecular weight is 674 g/mol. The van der Waals surface area contributed by atoms with Crippen molar-refractivity contribution in [3.8, 4) is 39.6 Å². The van der Waals surface area contributed by atoms with E-state index in [9.17, 15) is 0 Å². The Morgan fingerprint density at radius 2 is 0.717 bits per heavy atom. The van der Waals surface area contributed by atoms with Gasteiger partial charge in [0.25, 0.3) is 0 Å². The smallest absolute Gasteiger partial charge is 0.160 e. The molecule has 9 aromatic carbocycles. The summed E-state index contributed by atoms with van der Waals surface area (Å²) in [5.74, 6) is 0.695. The summed E-state index contributed by atoms with van der Waals surface area (Å²) in [5.41, 5.74) is 8.43. The molecule has 0 spiro atoms. The molecule has 246 valence electrons. The van der Waals surface area contributed by atoms with Gasteiger partial charge >= 0.3 is 0 Å². The highest BCUT2D eigenvalue weighted by Crippen LogP contribution is 2.40. The minimum atomic E-state index is 0.695. The third-order valence-corrected chi connectivity index (χ3v) is 10.8. The van der Waals surface area contributed by atoms with E-state index in [-0.39, 0.29) is 0 Å². The molecule has 53 heavy (non-hydrogen) atoms. The Morgan fingerprint density at radius 1 is 0.321 bits per heavy atom. The second-order valence-electron chi connectivity index (χ2n) is 13.8. The Balaban J connectivity index is 1.16. The van der Waals surface area contributed by atoms with Crippen LogP contribution in [0.25, 0.3) is 104 Å². The molecule has 0 aliphatic carbocycles. The van der Waals surface area contributed by atoms with Gasteiger partial charge in [0, 0.05) is 33.2 Å². The molecule has 0 radical (unpaired) electrons. The SMILES string of the molecule is c1ccc2c(c1)cc(-c1cc(-c3cc4ccccc4c4ccccc34)nc(-c3ccc(-n4c5ccccc5c5ccccc54)cc3)n1)c1ccccc12. The van der Waals surface area contributed by atoms with E-state index in [0.29, 0.717) is 5.82 Å². The van der Waals surface area contributed by atoms with Gasteiger partial charge < -0.3 is 4.57 Å². The number of aromatic nitrogens is 3. The molecule has 2 heterocycles. The first-order valence-corrected chi connectivity index (χ1v) is 18.1. The highest BCUT2D eigenvalue weighted by atomic mass is 15.0. The van der Waals surface area contributed by atoms with E-state index in [1.54, 1.807) is 0 Å². The van der Waals surface area contributed by atoms with Crippen LogP contribution in [0.4, 0.5) is 0 Å². The molecule has 0 fully saturated rings. The van der Waals surface area contributed by atoms with Crippen molar-refractivity contribution in [2.24, 2.45) is 0 Å². The number of para-hydroxylation sites is 2. The zero-order valence-corrected chi connectivity index (χ0v) is 28.7. The second kappa shape index (κ2) is 11.7. The van der Waals surface area contributed by atoms with Gasteiger partial charge in [-0.15, -0.1) is 0 Å². The van der Waals surface area contributed by atoms with Crippen molar-refractivity contribution in [3.05, 3.63) is 188 Å². The predicted molar refractivity (Wildman–Crippen MR) is 223 cm³/mol. The third-order valence-electron chi connectivity index (χ3n) is 10.8. The molecule has 0 saturated heterocycles. The number of fused-ring (bicyclic) bond motifs is 9. The predicted octanol–water partition coefficient (Wildman–Crippen LogP) is 13.2. The van der Waals surface area contributed by atoms with Crippen LogP contribution in [0.3, 0.4) is 0 Å². The van der Waals surface area contributed by atoms with Gasteiger partial charge in [-0.3, -0.25) is 0 Å². The fourth-order valence-electron chi connectivity index (χ4n) is 8.34. The van der Waals surface area contributed by atoms with E-state index >= 15 is 0 Å².